The molecule has 3 aromatic rings. The molecular weight excluding hydrogens is 394 g/mol. The van der Waals surface area contributed by atoms with Gasteiger partial charge >= 0.3 is 5.69 Å². The maximum atomic E-state index is 12.2. The topological polar surface area (TPSA) is 93.8 Å². The largest absolute Gasteiger partial charge is 0.449 e. The molecule has 0 unspecified atom stereocenters. The Morgan fingerprint density at radius 3 is 2.55 bits per heavy atom. The number of ether oxygens (including phenoxy) is 1. The lowest BCUT2D eigenvalue weighted by atomic mass is 10.1. The van der Waals surface area contributed by atoms with E-state index in [-0.39, 0.29) is 17.3 Å². The van der Waals surface area contributed by atoms with Crippen LogP contribution in [0.5, 0.6) is 11.5 Å². The van der Waals surface area contributed by atoms with Crippen LogP contribution in [0.1, 0.15) is 21.5 Å². The Hall–Kier alpha value is -3.71. The van der Waals surface area contributed by atoms with Gasteiger partial charge in [0.15, 0.2) is 0 Å². The predicted molar refractivity (Wildman–Crippen MR) is 111 cm³/mol. The fourth-order valence-electron chi connectivity index (χ4n) is 2.54. The van der Waals surface area contributed by atoms with Crippen molar-refractivity contribution in [1.29, 1.82) is 0 Å². The van der Waals surface area contributed by atoms with Crippen LogP contribution in [0.25, 0.3) is 0 Å². The number of hydrogen-bond donors (Lipinski definition) is 1. The summed E-state index contributed by atoms with van der Waals surface area (Å²) >= 11 is 6.04. The molecule has 0 bridgehead atoms. The third-order valence-corrected chi connectivity index (χ3v) is 4.32. The second kappa shape index (κ2) is 8.99. The van der Waals surface area contributed by atoms with E-state index >= 15 is 0 Å². The number of nitro groups is 1. The van der Waals surface area contributed by atoms with E-state index in [0.29, 0.717) is 21.9 Å². The summed E-state index contributed by atoms with van der Waals surface area (Å²) in [5.41, 5.74) is 3.90. The minimum Gasteiger partial charge on any atom is -0.449 e. The van der Waals surface area contributed by atoms with Gasteiger partial charge in [-0.2, -0.15) is 5.10 Å². The third kappa shape index (κ3) is 4.97. The summed E-state index contributed by atoms with van der Waals surface area (Å²) in [5.74, 6) is -0.0131. The van der Waals surface area contributed by atoms with E-state index in [9.17, 15) is 14.9 Å². The average Bonchev–Trinajstić information content (AvgIpc) is 2.70. The van der Waals surface area contributed by atoms with Gasteiger partial charge in [0.2, 0.25) is 5.75 Å². The molecule has 29 heavy (non-hydrogen) atoms. The Kier molecular flexibility index (Phi) is 6.21. The molecule has 8 heteroatoms. The zero-order valence-corrected chi connectivity index (χ0v) is 16.1. The van der Waals surface area contributed by atoms with Crippen LogP contribution in [0, 0.1) is 17.0 Å². The van der Waals surface area contributed by atoms with Gasteiger partial charge in [-0.3, -0.25) is 14.9 Å². The van der Waals surface area contributed by atoms with Crippen LogP contribution in [0.15, 0.2) is 71.8 Å². The number of aryl methyl sites for hydroxylation is 1. The van der Waals surface area contributed by atoms with Crippen molar-refractivity contribution in [2.24, 2.45) is 5.10 Å². The van der Waals surface area contributed by atoms with Crippen molar-refractivity contribution in [2.75, 3.05) is 0 Å². The molecule has 1 N–H and O–H groups in total. The number of halogens is 1. The molecule has 7 nitrogen and oxygen atoms in total. The van der Waals surface area contributed by atoms with E-state index < -0.39 is 4.92 Å². The summed E-state index contributed by atoms with van der Waals surface area (Å²) in [4.78, 5) is 23.0. The molecule has 1 amide bonds. The second-order valence-corrected chi connectivity index (χ2v) is 6.44. The fourth-order valence-corrected chi connectivity index (χ4v) is 2.72. The quantitative estimate of drug-likeness (QED) is 0.347. The van der Waals surface area contributed by atoms with Gasteiger partial charge in [-0.15, -0.1) is 0 Å². The molecule has 0 saturated carbocycles. The third-order valence-electron chi connectivity index (χ3n) is 4.01. The Morgan fingerprint density at radius 1 is 1.10 bits per heavy atom. The number of nitrogens with one attached hydrogen (secondary N) is 1. The molecule has 0 aliphatic heterocycles. The number of nitro benzene ring substituents is 1. The predicted octanol–water partition coefficient (Wildman–Crippen LogP) is 5.11. The lowest BCUT2D eigenvalue weighted by Gasteiger charge is -2.08. The number of carbonyl (C=O) groups excluding carboxylic acids is 1. The lowest BCUT2D eigenvalue weighted by molar-refractivity contribution is -0.385. The smallest absolute Gasteiger partial charge is 0.312 e. The minimum atomic E-state index is -0.560. The highest BCUT2D eigenvalue weighted by Crippen LogP contribution is 2.35. The molecule has 0 aliphatic rings. The number of rotatable bonds is 6. The number of carbonyl (C=O) groups is 1. The summed E-state index contributed by atoms with van der Waals surface area (Å²) in [6.07, 6.45) is 1.32. The Labute approximate surface area is 171 Å². The molecule has 0 spiro atoms. The maximum Gasteiger partial charge on any atom is 0.312 e. The van der Waals surface area contributed by atoms with Crippen molar-refractivity contribution in [2.45, 2.75) is 6.92 Å². The Bertz CT molecular complexity index is 1100. The fraction of sp³-hybridized carbons (Fsp3) is 0.0476. The summed E-state index contributed by atoms with van der Waals surface area (Å²) in [7, 11) is 0. The summed E-state index contributed by atoms with van der Waals surface area (Å²) < 4.78 is 5.58. The van der Waals surface area contributed by atoms with Crippen molar-refractivity contribution in [3.8, 4) is 11.5 Å². The molecule has 146 valence electrons. The number of hydrogen-bond acceptors (Lipinski definition) is 5. The standard InChI is InChI=1S/C21H16ClN3O4/c1-14-6-2-3-7-16(14)21(26)24-23-13-15-10-11-20(18(12-15)25(27)28)29-19-9-5-4-8-17(19)22/h2-13H,1H3,(H,24,26)/b23-13-. The van der Waals surface area contributed by atoms with Crippen LogP contribution in [-0.2, 0) is 0 Å². The molecular formula is C21H16ClN3O4. The first-order chi connectivity index (χ1) is 14.0. The van der Waals surface area contributed by atoms with Crippen molar-refractivity contribution < 1.29 is 14.5 Å². The number of amides is 1. The number of para-hydroxylation sites is 1. The van der Waals surface area contributed by atoms with Gasteiger partial charge in [0, 0.05) is 17.2 Å². The summed E-state index contributed by atoms with van der Waals surface area (Å²) in [5, 5.41) is 15.6. The highest BCUT2D eigenvalue weighted by atomic mass is 35.5. The zero-order chi connectivity index (χ0) is 20.8. The molecule has 3 rings (SSSR count). The molecule has 0 saturated heterocycles. The maximum absolute atomic E-state index is 12.2. The molecule has 0 radical (unpaired) electrons. The van der Waals surface area contributed by atoms with Crippen LogP contribution in [-0.4, -0.2) is 17.0 Å². The average molecular weight is 410 g/mol. The highest BCUT2D eigenvalue weighted by Gasteiger charge is 2.17. The molecule has 0 aliphatic carbocycles. The van der Waals surface area contributed by atoms with Gasteiger partial charge in [-0.05, 0) is 42.8 Å². The van der Waals surface area contributed by atoms with E-state index in [0.717, 1.165) is 5.56 Å². The van der Waals surface area contributed by atoms with Gasteiger partial charge in [0.1, 0.15) is 5.75 Å². The Morgan fingerprint density at radius 2 is 1.83 bits per heavy atom. The van der Waals surface area contributed by atoms with E-state index in [1.165, 1.54) is 18.3 Å². The zero-order valence-electron chi connectivity index (χ0n) is 15.3. The van der Waals surface area contributed by atoms with E-state index in [2.05, 4.69) is 10.5 Å². The SMILES string of the molecule is Cc1ccccc1C(=O)N/N=C\c1ccc(Oc2ccccc2Cl)c([N+](=O)[O-])c1. The molecule has 3 aromatic carbocycles. The normalized spacial score (nSPS) is 10.7. The van der Waals surface area contributed by atoms with E-state index in [4.69, 9.17) is 16.3 Å². The van der Waals surface area contributed by atoms with Crippen LogP contribution in [0.3, 0.4) is 0 Å². The van der Waals surface area contributed by atoms with Crippen LogP contribution in [0.4, 0.5) is 5.69 Å². The van der Waals surface area contributed by atoms with Crippen LogP contribution >= 0.6 is 11.6 Å². The number of benzene rings is 3. The van der Waals surface area contributed by atoms with Crippen molar-refractivity contribution >= 4 is 29.4 Å². The Balaban J connectivity index is 1.77. The van der Waals surface area contributed by atoms with Crippen molar-refractivity contribution in [3.63, 3.8) is 0 Å². The lowest BCUT2D eigenvalue weighted by Crippen LogP contribution is -2.18. The van der Waals surface area contributed by atoms with Crippen molar-refractivity contribution in [1.82, 2.24) is 5.43 Å². The van der Waals surface area contributed by atoms with E-state index in [1.807, 2.05) is 19.1 Å². The first-order valence-electron chi connectivity index (χ1n) is 8.55. The van der Waals surface area contributed by atoms with E-state index in [1.54, 1.807) is 42.5 Å². The molecule has 0 aromatic heterocycles. The molecule has 0 atom stereocenters. The van der Waals surface area contributed by atoms with Gasteiger partial charge in [0.05, 0.1) is 16.2 Å². The molecule has 0 heterocycles. The van der Waals surface area contributed by atoms with Crippen LogP contribution < -0.4 is 10.2 Å². The van der Waals surface area contributed by atoms with Crippen LogP contribution in [0.2, 0.25) is 5.02 Å². The first-order valence-corrected chi connectivity index (χ1v) is 8.93. The van der Waals surface area contributed by atoms with Gasteiger partial charge < -0.3 is 4.74 Å². The van der Waals surface area contributed by atoms with Crippen molar-refractivity contribution in [3.05, 3.63) is 98.6 Å². The van der Waals surface area contributed by atoms with Gasteiger partial charge in [-0.25, -0.2) is 5.43 Å². The van der Waals surface area contributed by atoms with Gasteiger partial charge in [0.25, 0.3) is 5.91 Å². The number of nitrogens with zero attached hydrogens (tertiary/aromatic N) is 2. The monoisotopic (exact) mass is 409 g/mol. The summed E-state index contributed by atoms with van der Waals surface area (Å²) in [6, 6.07) is 18.1. The summed E-state index contributed by atoms with van der Waals surface area (Å²) in [6.45, 7) is 1.82. The highest BCUT2D eigenvalue weighted by molar-refractivity contribution is 6.32. The minimum absolute atomic E-state index is 0.0456. The second-order valence-electron chi connectivity index (χ2n) is 6.03. The molecule has 0 fully saturated rings. The van der Waals surface area contributed by atoms with Gasteiger partial charge in [-0.1, -0.05) is 41.9 Å². The number of hydrazone groups is 1. The first kappa shape index (κ1) is 20.0.